The largest absolute Gasteiger partial charge is 0.457 e. The van der Waals surface area contributed by atoms with Crippen LogP contribution in [0.15, 0.2) is 102 Å². The predicted octanol–water partition coefficient (Wildman–Crippen LogP) is 5.81. The van der Waals surface area contributed by atoms with E-state index in [2.05, 4.69) is 10.0 Å². The normalized spacial score (nSPS) is 11.0. The van der Waals surface area contributed by atoms with Gasteiger partial charge in [0, 0.05) is 16.9 Å². The standard InChI is InChI=1S/C25H18F2N2O4S/c26-23-15-14-22(16-24(23)27)34(31,32)29-19-8-6-17(7-9-19)25(30)28-18-10-12-21(13-11-18)33-20-4-2-1-3-5-20/h1-16,29H,(H,28,30). The van der Waals surface area contributed by atoms with Crippen molar-refractivity contribution >= 4 is 27.3 Å². The van der Waals surface area contributed by atoms with Crippen molar-refractivity contribution < 1.29 is 26.7 Å². The maximum atomic E-state index is 13.4. The Labute approximate surface area is 194 Å². The summed E-state index contributed by atoms with van der Waals surface area (Å²) in [6.45, 7) is 0. The van der Waals surface area contributed by atoms with Gasteiger partial charge in [0.1, 0.15) is 11.5 Å². The highest BCUT2D eigenvalue weighted by Crippen LogP contribution is 2.23. The lowest BCUT2D eigenvalue weighted by Gasteiger charge is -2.10. The van der Waals surface area contributed by atoms with Crippen LogP contribution in [0.4, 0.5) is 20.2 Å². The number of benzene rings is 4. The third-order valence-corrected chi connectivity index (χ3v) is 6.07. The molecule has 0 atom stereocenters. The number of rotatable bonds is 7. The van der Waals surface area contributed by atoms with E-state index in [-0.39, 0.29) is 5.69 Å². The van der Waals surface area contributed by atoms with Crippen molar-refractivity contribution in [3.63, 3.8) is 0 Å². The van der Waals surface area contributed by atoms with Crippen LogP contribution in [0.2, 0.25) is 0 Å². The van der Waals surface area contributed by atoms with Gasteiger partial charge in [0.25, 0.3) is 15.9 Å². The van der Waals surface area contributed by atoms with Crippen molar-refractivity contribution in [3.05, 3.63) is 114 Å². The summed E-state index contributed by atoms with van der Waals surface area (Å²) in [5.74, 6) is -1.50. The quantitative estimate of drug-likeness (QED) is 0.350. The van der Waals surface area contributed by atoms with Crippen LogP contribution in [0.25, 0.3) is 0 Å². The van der Waals surface area contributed by atoms with E-state index in [1.807, 2.05) is 30.3 Å². The number of anilines is 2. The predicted molar refractivity (Wildman–Crippen MR) is 125 cm³/mol. The SMILES string of the molecule is O=C(Nc1ccc(Oc2ccccc2)cc1)c1ccc(NS(=O)(=O)c2ccc(F)c(F)c2)cc1. The summed E-state index contributed by atoms with van der Waals surface area (Å²) >= 11 is 0. The zero-order valence-corrected chi connectivity index (χ0v) is 18.4. The first-order chi connectivity index (χ1) is 16.3. The van der Waals surface area contributed by atoms with E-state index in [9.17, 15) is 22.0 Å². The van der Waals surface area contributed by atoms with Gasteiger partial charge in [0.15, 0.2) is 11.6 Å². The molecule has 0 aromatic heterocycles. The van der Waals surface area contributed by atoms with E-state index >= 15 is 0 Å². The Morgan fingerprint density at radius 3 is 1.97 bits per heavy atom. The van der Waals surface area contributed by atoms with Crippen LogP contribution in [0.5, 0.6) is 11.5 Å². The molecule has 4 aromatic carbocycles. The highest BCUT2D eigenvalue weighted by Gasteiger charge is 2.17. The molecule has 0 bridgehead atoms. The number of nitrogens with one attached hydrogen (secondary N) is 2. The van der Waals surface area contributed by atoms with Gasteiger partial charge in [-0.05, 0) is 78.9 Å². The van der Waals surface area contributed by atoms with Crippen molar-refractivity contribution in [1.29, 1.82) is 0 Å². The second-order valence-corrected chi connectivity index (χ2v) is 8.83. The van der Waals surface area contributed by atoms with Gasteiger partial charge in [-0.3, -0.25) is 9.52 Å². The van der Waals surface area contributed by atoms with Gasteiger partial charge in [-0.25, -0.2) is 17.2 Å². The van der Waals surface area contributed by atoms with Crippen LogP contribution in [0.1, 0.15) is 10.4 Å². The van der Waals surface area contributed by atoms with Gasteiger partial charge in [0.2, 0.25) is 0 Å². The van der Waals surface area contributed by atoms with Crippen LogP contribution in [0, 0.1) is 11.6 Å². The van der Waals surface area contributed by atoms with Crippen molar-refractivity contribution in [2.45, 2.75) is 4.90 Å². The Kier molecular flexibility index (Phi) is 6.55. The summed E-state index contributed by atoms with van der Waals surface area (Å²) in [5.41, 5.74) is 0.998. The minimum atomic E-state index is -4.13. The van der Waals surface area contributed by atoms with Crippen molar-refractivity contribution in [2.75, 3.05) is 10.0 Å². The molecule has 34 heavy (non-hydrogen) atoms. The Morgan fingerprint density at radius 2 is 1.32 bits per heavy atom. The van der Waals surface area contributed by atoms with Gasteiger partial charge in [-0.15, -0.1) is 0 Å². The number of sulfonamides is 1. The number of carbonyl (C=O) groups excluding carboxylic acids is 1. The smallest absolute Gasteiger partial charge is 0.261 e. The lowest BCUT2D eigenvalue weighted by Crippen LogP contribution is -2.14. The summed E-state index contributed by atoms with van der Waals surface area (Å²) in [5, 5.41) is 2.74. The fourth-order valence-corrected chi connectivity index (χ4v) is 4.05. The number of hydrogen-bond donors (Lipinski definition) is 2. The van der Waals surface area contributed by atoms with E-state index in [0.29, 0.717) is 28.8 Å². The third-order valence-electron chi connectivity index (χ3n) is 4.69. The highest BCUT2D eigenvalue weighted by molar-refractivity contribution is 7.92. The van der Waals surface area contributed by atoms with Crippen LogP contribution < -0.4 is 14.8 Å². The Bertz CT molecular complexity index is 1410. The van der Waals surface area contributed by atoms with Crippen LogP contribution in [-0.4, -0.2) is 14.3 Å². The second-order valence-electron chi connectivity index (χ2n) is 7.15. The van der Waals surface area contributed by atoms with E-state index in [1.165, 1.54) is 24.3 Å². The van der Waals surface area contributed by atoms with E-state index in [1.54, 1.807) is 24.3 Å². The molecule has 0 spiro atoms. The molecule has 0 radical (unpaired) electrons. The topological polar surface area (TPSA) is 84.5 Å². The molecule has 0 heterocycles. The number of amides is 1. The third kappa shape index (κ3) is 5.57. The molecule has 4 aromatic rings. The van der Waals surface area contributed by atoms with Crippen molar-refractivity contribution in [3.8, 4) is 11.5 Å². The number of para-hydroxylation sites is 1. The van der Waals surface area contributed by atoms with E-state index in [0.717, 1.165) is 12.1 Å². The first-order valence-corrected chi connectivity index (χ1v) is 11.5. The summed E-state index contributed by atoms with van der Waals surface area (Å²) < 4.78 is 59.2. The fourth-order valence-electron chi connectivity index (χ4n) is 2.98. The molecule has 0 unspecified atom stereocenters. The molecular weight excluding hydrogens is 462 g/mol. The summed E-state index contributed by atoms with van der Waals surface area (Å²) in [7, 11) is -4.13. The summed E-state index contributed by atoms with van der Waals surface area (Å²) in [6, 6.07) is 24.0. The Morgan fingerprint density at radius 1 is 0.706 bits per heavy atom. The molecule has 1 amide bonds. The lowest BCUT2D eigenvalue weighted by molar-refractivity contribution is 0.102. The van der Waals surface area contributed by atoms with Gasteiger partial charge in [0.05, 0.1) is 4.90 Å². The molecule has 6 nitrogen and oxygen atoms in total. The van der Waals surface area contributed by atoms with Crippen molar-refractivity contribution in [2.24, 2.45) is 0 Å². The van der Waals surface area contributed by atoms with E-state index < -0.39 is 32.5 Å². The molecule has 0 aliphatic heterocycles. The Hall–Kier alpha value is -4.24. The zero-order valence-electron chi connectivity index (χ0n) is 17.5. The van der Waals surface area contributed by atoms with Crippen LogP contribution in [-0.2, 0) is 10.0 Å². The summed E-state index contributed by atoms with van der Waals surface area (Å²) in [4.78, 5) is 12.1. The first kappa shape index (κ1) is 22.9. The summed E-state index contributed by atoms with van der Waals surface area (Å²) in [6.07, 6.45) is 0. The average Bonchev–Trinajstić information content (AvgIpc) is 2.83. The maximum absolute atomic E-state index is 13.4. The van der Waals surface area contributed by atoms with Gasteiger partial charge >= 0.3 is 0 Å². The molecular formula is C25H18F2N2O4S. The van der Waals surface area contributed by atoms with Crippen molar-refractivity contribution in [1.82, 2.24) is 0 Å². The molecule has 0 saturated heterocycles. The molecule has 0 aliphatic carbocycles. The number of ether oxygens (including phenoxy) is 1. The molecule has 2 N–H and O–H groups in total. The minimum Gasteiger partial charge on any atom is -0.457 e. The second kappa shape index (κ2) is 9.72. The number of hydrogen-bond acceptors (Lipinski definition) is 4. The molecule has 172 valence electrons. The highest BCUT2D eigenvalue weighted by atomic mass is 32.2. The maximum Gasteiger partial charge on any atom is 0.261 e. The minimum absolute atomic E-state index is 0.156. The lowest BCUT2D eigenvalue weighted by atomic mass is 10.2. The Balaban J connectivity index is 1.38. The van der Waals surface area contributed by atoms with Crippen LogP contribution in [0.3, 0.4) is 0 Å². The fraction of sp³-hybridized carbons (Fsp3) is 0. The van der Waals surface area contributed by atoms with E-state index in [4.69, 9.17) is 4.74 Å². The molecule has 0 saturated carbocycles. The van der Waals surface area contributed by atoms with Crippen LogP contribution >= 0.6 is 0 Å². The zero-order chi connectivity index (χ0) is 24.1. The van der Waals surface area contributed by atoms with Gasteiger partial charge in [-0.1, -0.05) is 18.2 Å². The van der Waals surface area contributed by atoms with Gasteiger partial charge < -0.3 is 10.1 Å². The molecule has 0 fully saturated rings. The van der Waals surface area contributed by atoms with Gasteiger partial charge in [-0.2, -0.15) is 0 Å². The number of halogens is 2. The first-order valence-electron chi connectivity index (χ1n) is 10.0. The monoisotopic (exact) mass is 480 g/mol. The molecule has 0 aliphatic rings. The average molecular weight is 480 g/mol. The molecule has 9 heteroatoms. The molecule has 4 rings (SSSR count). The number of carbonyl (C=O) groups is 1.